The SMILES string of the molecule is Oc1c(S)cccc1C1COCCN1. The fraction of sp³-hybridized carbons (Fsp3) is 0.400. The van der Waals surface area contributed by atoms with E-state index < -0.39 is 0 Å². The van der Waals surface area contributed by atoms with Crippen LogP contribution >= 0.6 is 12.6 Å². The van der Waals surface area contributed by atoms with Crippen LogP contribution in [0, 0.1) is 0 Å². The maximum absolute atomic E-state index is 9.78. The smallest absolute Gasteiger partial charge is 0.133 e. The number of para-hydroxylation sites is 1. The maximum atomic E-state index is 9.78. The number of phenols is 1. The fourth-order valence-corrected chi connectivity index (χ4v) is 1.81. The van der Waals surface area contributed by atoms with Crippen molar-refractivity contribution in [3.63, 3.8) is 0 Å². The number of aromatic hydroxyl groups is 1. The fourth-order valence-electron chi connectivity index (χ4n) is 1.60. The van der Waals surface area contributed by atoms with Gasteiger partial charge in [0.1, 0.15) is 5.75 Å². The van der Waals surface area contributed by atoms with E-state index in [1.807, 2.05) is 12.1 Å². The highest BCUT2D eigenvalue weighted by Gasteiger charge is 2.18. The van der Waals surface area contributed by atoms with Gasteiger partial charge in [-0.25, -0.2) is 0 Å². The van der Waals surface area contributed by atoms with Crippen LogP contribution in [0.25, 0.3) is 0 Å². The van der Waals surface area contributed by atoms with Crippen molar-refractivity contribution in [1.82, 2.24) is 5.32 Å². The first-order valence-corrected chi connectivity index (χ1v) is 5.05. The summed E-state index contributed by atoms with van der Waals surface area (Å²) in [6.07, 6.45) is 0. The molecule has 1 aromatic rings. The third-order valence-corrected chi connectivity index (χ3v) is 2.70. The molecule has 2 rings (SSSR count). The van der Waals surface area contributed by atoms with Gasteiger partial charge in [0.25, 0.3) is 0 Å². The Hall–Kier alpha value is -0.710. The van der Waals surface area contributed by atoms with Crippen LogP contribution in [-0.4, -0.2) is 24.9 Å². The average Bonchev–Trinajstić information content (AvgIpc) is 2.23. The molecule has 1 saturated heterocycles. The van der Waals surface area contributed by atoms with E-state index in [0.717, 1.165) is 18.7 Å². The number of ether oxygens (including phenoxy) is 1. The van der Waals surface area contributed by atoms with Gasteiger partial charge in [-0.05, 0) is 6.07 Å². The first kappa shape index (κ1) is 9.83. The molecule has 1 aliphatic heterocycles. The minimum Gasteiger partial charge on any atom is -0.506 e. The predicted molar refractivity (Wildman–Crippen MR) is 56.9 cm³/mol. The Balaban J connectivity index is 2.26. The summed E-state index contributed by atoms with van der Waals surface area (Å²) in [7, 11) is 0. The quantitative estimate of drug-likeness (QED) is 0.614. The predicted octanol–water partition coefficient (Wildman–Crippen LogP) is 1.34. The van der Waals surface area contributed by atoms with Gasteiger partial charge in [-0.3, -0.25) is 0 Å². The van der Waals surface area contributed by atoms with Crippen LogP contribution in [0.4, 0.5) is 0 Å². The lowest BCUT2D eigenvalue weighted by molar-refractivity contribution is 0.0760. The number of thiol groups is 1. The Morgan fingerprint density at radius 2 is 2.36 bits per heavy atom. The largest absolute Gasteiger partial charge is 0.506 e. The molecule has 1 aliphatic rings. The van der Waals surface area contributed by atoms with E-state index in [1.165, 1.54) is 0 Å². The third-order valence-electron chi connectivity index (χ3n) is 2.34. The number of benzene rings is 1. The van der Waals surface area contributed by atoms with E-state index in [2.05, 4.69) is 17.9 Å². The van der Waals surface area contributed by atoms with E-state index in [0.29, 0.717) is 11.5 Å². The van der Waals surface area contributed by atoms with Crippen molar-refractivity contribution in [2.24, 2.45) is 0 Å². The van der Waals surface area contributed by atoms with Gasteiger partial charge < -0.3 is 15.2 Å². The van der Waals surface area contributed by atoms with Crippen LogP contribution in [-0.2, 0) is 4.74 Å². The number of nitrogens with one attached hydrogen (secondary N) is 1. The van der Waals surface area contributed by atoms with Crippen molar-refractivity contribution >= 4 is 12.6 Å². The lowest BCUT2D eigenvalue weighted by Gasteiger charge is -2.25. The first-order chi connectivity index (χ1) is 6.79. The average molecular weight is 211 g/mol. The highest BCUT2D eigenvalue weighted by molar-refractivity contribution is 7.80. The molecule has 0 aliphatic carbocycles. The summed E-state index contributed by atoms with van der Waals surface area (Å²) in [5.74, 6) is 0.249. The molecule has 1 unspecified atom stereocenters. The van der Waals surface area contributed by atoms with Crippen molar-refractivity contribution in [3.8, 4) is 5.75 Å². The molecule has 76 valence electrons. The molecule has 1 aromatic carbocycles. The Bertz CT molecular complexity index is 324. The van der Waals surface area contributed by atoms with Crippen molar-refractivity contribution in [2.75, 3.05) is 19.8 Å². The Morgan fingerprint density at radius 1 is 1.50 bits per heavy atom. The molecule has 1 heterocycles. The van der Waals surface area contributed by atoms with Gasteiger partial charge in [0.15, 0.2) is 0 Å². The monoisotopic (exact) mass is 211 g/mol. The van der Waals surface area contributed by atoms with Gasteiger partial charge >= 0.3 is 0 Å². The van der Waals surface area contributed by atoms with Gasteiger partial charge in [-0.2, -0.15) is 0 Å². The van der Waals surface area contributed by atoms with Crippen LogP contribution in [0.5, 0.6) is 5.75 Å². The number of rotatable bonds is 1. The molecular formula is C10H13NO2S. The van der Waals surface area contributed by atoms with Gasteiger partial charge in [-0.15, -0.1) is 12.6 Å². The highest BCUT2D eigenvalue weighted by Crippen LogP contribution is 2.30. The number of morpholine rings is 1. The first-order valence-electron chi connectivity index (χ1n) is 4.61. The number of hydrogen-bond donors (Lipinski definition) is 3. The zero-order valence-electron chi connectivity index (χ0n) is 7.73. The van der Waals surface area contributed by atoms with E-state index in [9.17, 15) is 5.11 Å². The van der Waals surface area contributed by atoms with E-state index in [1.54, 1.807) is 6.07 Å². The van der Waals surface area contributed by atoms with Crippen LogP contribution in [0.2, 0.25) is 0 Å². The normalized spacial score (nSPS) is 22.2. The van der Waals surface area contributed by atoms with Crippen LogP contribution in [0.15, 0.2) is 23.1 Å². The zero-order valence-corrected chi connectivity index (χ0v) is 8.63. The summed E-state index contributed by atoms with van der Waals surface area (Å²) >= 11 is 4.17. The van der Waals surface area contributed by atoms with Crippen molar-refractivity contribution < 1.29 is 9.84 Å². The van der Waals surface area contributed by atoms with Crippen LogP contribution in [0.3, 0.4) is 0 Å². The van der Waals surface area contributed by atoms with Crippen LogP contribution < -0.4 is 5.32 Å². The maximum Gasteiger partial charge on any atom is 0.133 e. The minimum atomic E-state index is 0.0795. The number of hydrogen-bond acceptors (Lipinski definition) is 4. The highest BCUT2D eigenvalue weighted by atomic mass is 32.1. The Morgan fingerprint density at radius 3 is 3.07 bits per heavy atom. The second kappa shape index (κ2) is 4.21. The molecule has 4 heteroatoms. The zero-order chi connectivity index (χ0) is 9.97. The molecule has 0 bridgehead atoms. The number of phenolic OH excluding ortho intramolecular Hbond substituents is 1. The third kappa shape index (κ3) is 1.87. The molecule has 2 N–H and O–H groups in total. The Labute approximate surface area is 88.5 Å². The second-order valence-corrected chi connectivity index (χ2v) is 3.78. The lowest BCUT2D eigenvalue weighted by Crippen LogP contribution is -2.34. The van der Waals surface area contributed by atoms with E-state index in [-0.39, 0.29) is 11.8 Å². The van der Waals surface area contributed by atoms with Gasteiger partial charge in [-0.1, -0.05) is 12.1 Å². The molecule has 1 atom stereocenters. The summed E-state index contributed by atoms with van der Waals surface area (Å²) in [6.45, 7) is 2.16. The van der Waals surface area contributed by atoms with Crippen molar-refractivity contribution in [2.45, 2.75) is 10.9 Å². The molecule has 0 spiro atoms. The summed E-state index contributed by atoms with van der Waals surface area (Å²) in [5, 5.41) is 13.1. The van der Waals surface area contributed by atoms with Crippen molar-refractivity contribution in [1.29, 1.82) is 0 Å². The van der Waals surface area contributed by atoms with E-state index >= 15 is 0 Å². The minimum absolute atomic E-state index is 0.0795. The second-order valence-electron chi connectivity index (χ2n) is 3.30. The Kier molecular flexibility index (Phi) is 2.96. The molecule has 0 radical (unpaired) electrons. The van der Waals surface area contributed by atoms with E-state index in [4.69, 9.17) is 4.74 Å². The lowest BCUT2D eigenvalue weighted by atomic mass is 10.1. The molecular weight excluding hydrogens is 198 g/mol. The van der Waals surface area contributed by atoms with Crippen molar-refractivity contribution in [3.05, 3.63) is 23.8 Å². The van der Waals surface area contributed by atoms with Gasteiger partial charge in [0.05, 0.1) is 19.3 Å². The summed E-state index contributed by atoms with van der Waals surface area (Å²) in [6, 6.07) is 5.62. The molecule has 14 heavy (non-hydrogen) atoms. The summed E-state index contributed by atoms with van der Waals surface area (Å²) < 4.78 is 5.33. The molecule has 0 aromatic heterocycles. The topological polar surface area (TPSA) is 41.5 Å². The van der Waals surface area contributed by atoms with Gasteiger partial charge in [0.2, 0.25) is 0 Å². The van der Waals surface area contributed by atoms with Crippen LogP contribution in [0.1, 0.15) is 11.6 Å². The molecule has 3 nitrogen and oxygen atoms in total. The molecule has 0 saturated carbocycles. The standard InChI is InChI=1S/C10H13NO2S/c12-10-7(2-1-3-9(10)14)8-6-13-5-4-11-8/h1-3,8,11-12,14H,4-6H2. The molecule has 0 amide bonds. The van der Waals surface area contributed by atoms with Gasteiger partial charge in [0, 0.05) is 17.0 Å². The molecule has 1 fully saturated rings. The summed E-state index contributed by atoms with van der Waals surface area (Å²) in [5.41, 5.74) is 0.859. The summed E-state index contributed by atoms with van der Waals surface area (Å²) in [4.78, 5) is 0.606.